The number of thiophene rings is 1. The predicted molar refractivity (Wildman–Crippen MR) is 126 cm³/mol. The first kappa shape index (κ1) is 17.1. The van der Waals surface area contributed by atoms with Gasteiger partial charge < -0.3 is 0 Å². The Morgan fingerprint density at radius 2 is 1.33 bits per heavy atom. The van der Waals surface area contributed by atoms with E-state index in [0.717, 1.165) is 21.7 Å². The van der Waals surface area contributed by atoms with Crippen LogP contribution in [0, 0.1) is 10.1 Å². The summed E-state index contributed by atoms with van der Waals surface area (Å²) in [4.78, 5) is 11.4. The molecule has 1 aromatic heterocycles. The van der Waals surface area contributed by atoms with Crippen molar-refractivity contribution in [2.24, 2.45) is 0 Å². The summed E-state index contributed by atoms with van der Waals surface area (Å²) in [5, 5.41) is 18.7. The van der Waals surface area contributed by atoms with Gasteiger partial charge in [-0.15, -0.1) is 11.3 Å². The fourth-order valence-electron chi connectivity index (χ4n) is 4.50. The molecule has 3 nitrogen and oxygen atoms in total. The molecule has 0 aliphatic heterocycles. The number of para-hydroxylation sites is 1. The summed E-state index contributed by atoms with van der Waals surface area (Å²) in [5.74, 6) is 0. The number of hydrogen-bond donors (Lipinski definition) is 0. The molecule has 0 unspecified atom stereocenters. The minimum Gasteiger partial charge on any atom is -0.258 e. The molecule has 0 spiro atoms. The van der Waals surface area contributed by atoms with Gasteiger partial charge in [0.15, 0.2) is 0 Å². The van der Waals surface area contributed by atoms with Crippen molar-refractivity contribution >= 4 is 58.7 Å². The average Bonchev–Trinajstić information content (AvgIpc) is 3.17. The molecule has 6 rings (SSSR count). The number of rotatable bonds is 2. The van der Waals surface area contributed by atoms with E-state index in [-0.39, 0.29) is 10.6 Å². The fourth-order valence-corrected chi connectivity index (χ4v) is 5.61. The van der Waals surface area contributed by atoms with Crippen LogP contribution in [0.3, 0.4) is 0 Å². The van der Waals surface area contributed by atoms with Crippen molar-refractivity contribution in [3.8, 4) is 11.1 Å². The van der Waals surface area contributed by atoms with Gasteiger partial charge in [-0.25, -0.2) is 0 Å². The first-order valence-electron chi connectivity index (χ1n) is 9.72. The standard InChI is InChI=1S/C26H15NO2S/c28-27(29)22-11-5-3-8-18(22)21-15-16-13-14-24-26(20-10-4-6-12-23(20)30-24)25(16)19-9-2-1-7-17(19)21/h1-15H. The maximum atomic E-state index is 11.7. The summed E-state index contributed by atoms with van der Waals surface area (Å²) in [6.45, 7) is 0. The van der Waals surface area contributed by atoms with Crippen molar-refractivity contribution in [3.63, 3.8) is 0 Å². The highest BCUT2D eigenvalue weighted by atomic mass is 32.1. The first-order chi connectivity index (χ1) is 14.7. The van der Waals surface area contributed by atoms with Crippen molar-refractivity contribution in [1.29, 1.82) is 0 Å². The van der Waals surface area contributed by atoms with Crippen LogP contribution in [0.4, 0.5) is 5.69 Å². The van der Waals surface area contributed by atoms with E-state index in [1.54, 1.807) is 23.5 Å². The maximum absolute atomic E-state index is 11.7. The molecule has 0 aliphatic carbocycles. The summed E-state index contributed by atoms with van der Waals surface area (Å²) < 4.78 is 2.53. The number of nitro benzene ring substituents is 1. The summed E-state index contributed by atoms with van der Waals surface area (Å²) in [6.07, 6.45) is 0. The van der Waals surface area contributed by atoms with Gasteiger partial charge in [0, 0.05) is 26.2 Å². The highest BCUT2D eigenvalue weighted by Gasteiger charge is 2.19. The predicted octanol–water partition coefficient (Wildman–Crippen LogP) is 7.94. The van der Waals surface area contributed by atoms with E-state index in [4.69, 9.17) is 0 Å². The topological polar surface area (TPSA) is 43.1 Å². The molecule has 0 radical (unpaired) electrons. The molecule has 5 aromatic carbocycles. The highest BCUT2D eigenvalue weighted by molar-refractivity contribution is 7.26. The molecule has 0 amide bonds. The normalized spacial score (nSPS) is 11.6. The Morgan fingerprint density at radius 1 is 0.633 bits per heavy atom. The second-order valence-corrected chi connectivity index (χ2v) is 8.46. The molecular weight excluding hydrogens is 390 g/mol. The Kier molecular flexibility index (Phi) is 3.64. The van der Waals surface area contributed by atoms with Crippen LogP contribution in [-0.4, -0.2) is 4.92 Å². The monoisotopic (exact) mass is 405 g/mol. The Balaban J connectivity index is 1.83. The van der Waals surface area contributed by atoms with Gasteiger partial charge in [-0.05, 0) is 51.4 Å². The fraction of sp³-hybridized carbons (Fsp3) is 0. The van der Waals surface area contributed by atoms with Crippen LogP contribution in [0.15, 0.2) is 91.0 Å². The van der Waals surface area contributed by atoms with Crippen LogP contribution in [-0.2, 0) is 0 Å². The zero-order chi connectivity index (χ0) is 20.2. The minimum absolute atomic E-state index is 0.129. The van der Waals surface area contributed by atoms with Crippen molar-refractivity contribution in [2.45, 2.75) is 0 Å². The molecule has 6 aromatic rings. The molecule has 0 N–H and O–H groups in total. The third-order valence-electron chi connectivity index (χ3n) is 5.75. The lowest BCUT2D eigenvalue weighted by Crippen LogP contribution is -1.93. The Hall–Kier alpha value is -3.76. The van der Waals surface area contributed by atoms with Gasteiger partial charge in [-0.1, -0.05) is 60.7 Å². The molecule has 30 heavy (non-hydrogen) atoms. The lowest BCUT2D eigenvalue weighted by Gasteiger charge is -2.12. The van der Waals surface area contributed by atoms with E-state index < -0.39 is 0 Å². The van der Waals surface area contributed by atoms with Crippen LogP contribution in [0.1, 0.15) is 0 Å². The third kappa shape index (κ3) is 2.38. The number of hydrogen-bond acceptors (Lipinski definition) is 3. The Morgan fingerprint density at radius 3 is 2.17 bits per heavy atom. The van der Waals surface area contributed by atoms with Crippen molar-refractivity contribution < 1.29 is 4.92 Å². The van der Waals surface area contributed by atoms with Crippen molar-refractivity contribution in [2.75, 3.05) is 0 Å². The van der Waals surface area contributed by atoms with Crippen LogP contribution in [0.2, 0.25) is 0 Å². The van der Waals surface area contributed by atoms with Crippen LogP contribution in [0.5, 0.6) is 0 Å². The smallest absolute Gasteiger partial charge is 0.258 e. The van der Waals surface area contributed by atoms with Crippen LogP contribution < -0.4 is 0 Å². The molecule has 4 heteroatoms. The lowest BCUT2D eigenvalue weighted by atomic mass is 9.91. The van der Waals surface area contributed by atoms with Crippen molar-refractivity contribution in [3.05, 3.63) is 101 Å². The largest absolute Gasteiger partial charge is 0.277 e. The van der Waals surface area contributed by atoms with Gasteiger partial charge in [-0.2, -0.15) is 0 Å². The summed E-state index contributed by atoms with van der Waals surface area (Å²) in [5.41, 5.74) is 1.67. The number of fused-ring (bicyclic) bond motifs is 7. The zero-order valence-corrected chi connectivity index (χ0v) is 16.6. The first-order valence-corrected chi connectivity index (χ1v) is 10.5. The SMILES string of the molecule is O=[N+]([O-])c1ccccc1-c1cc2ccc3sc4ccccc4c3c2c2ccccc12. The van der Waals surface area contributed by atoms with E-state index in [1.807, 2.05) is 24.3 Å². The average molecular weight is 405 g/mol. The summed E-state index contributed by atoms with van der Waals surface area (Å²) in [7, 11) is 0. The summed E-state index contributed by atoms with van der Waals surface area (Å²) in [6, 6.07) is 30.1. The molecule has 1 heterocycles. The second-order valence-electron chi connectivity index (χ2n) is 7.38. The highest BCUT2D eigenvalue weighted by Crippen LogP contribution is 2.44. The van der Waals surface area contributed by atoms with Gasteiger partial charge in [-0.3, -0.25) is 10.1 Å². The van der Waals surface area contributed by atoms with E-state index in [9.17, 15) is 10.1 Å². The van der Waals surface area contributed by atoms with Crippen LogP contribution >= 0.6 is 11.3 Å². The van der Waals surface area contributed by atoms with Crippen LogP contribution in [0.25, 0.3) is 52.8 Å². The summed E-state index contributed by atoms with van der Waals surface area (Å²) >= 11 is 1.80. The molecule has 0 bridgehead atoms. The van der Waals surface area contributed by atoms with Gasteiger partial charge in [0.1, 0.15) is 0 Å². The molecule has 142 valence electrons. The van der Waals surface area contributed by atoms with E-state index in [0.29, 0.717) is 5.56 Å². The second kappa shape index (κ2) is 6.37. The van der Waals surface area contributed by atoms with E-state index in [2.05, 4.69) is 54.6 Å². The Labute approximate surface area is 176 Å². The van der Waals surface area contributed by atoms with E-state index >= 15 is 0 Å². The number of nitro groups is 1. The lowest BCUT2D eigenvalue weighted by molar-refractivity contribution is -0.384. The molecule has 0 saturated heterocycles. The minimum atomic E-state index is -0.302. The molecule has 0 fully saturated rings. The van der Waals surface area contributed by atoms with Gasteiger partial charge in [0.05, 0.1) is 10.5 Å². The zero-order valence-electron chi connectivity index (χ0n) is 15.8. The maximum Gasteiger partial charge on any atom is 0.277 e. The van der Waals surface area contributed by atoms with Gasteiger partial charge in [0.25, 0.3) is 5.69 Å². The quantitative estimate of drug-likeness (QED) is 0.167. The van der Waals surface area contributed by atoms with Gasteiger partial charge >= 0.3 is 0 Å². The van der Waals surface area contributed by atoms with Gasteiger partial charge in [0.2, 0.25) is 0 Å². The molecule has 0 aliphatic rings. The molecule has 0 atom stereocenters. The third-order valence-corrected chi connectivity index (χ3v) is 6.89. The van der Waals surface area contributed by atoms with Crippen molar-refractivity contribution in [1.82, 2.24) is 0 Å². The Bertz CT molecular complexity index is 1630. The number of nitrogens with zero attached hydrogens (tertiary/aromatic N) is 1. The van der Waals surface area contributed by atoms with E-state index in [1.165, 1.54) is 25.6 Å². The molecule has 0 saturated carbocycles. The molecular formula is C26H15NO2S. The number of benzene rings is 5.